The molecule has 1 aliphatic rings. The van der Waals surface area contributed by atoms with Crippen molar-refractivity contribution >= 4 is 28.3 Å². The van der Waals surface area contributed by atoms with Gasteiger partial charge in [0.1, 0.15) is 12.0 Å². The highest BCUT2D eigenvalue weighted by molar-refractivity contribution is 6.13. The Kier molecular flexibility index (Phi) is 5.22. The van der Waals surface area contributed by atoms with E-state index in [2.05, 4.69) is 5.32 Å². The molecule has 1 aromatic heterocycles. The Morgan fingerprint density at radius 1 is 0.848 bits per heavy atom. The summed E-state index contributed by atoms with van der Waals surface area (Å²) in [6, 6.07) is 22.8. The molecule has 0 bridgehead atoms. The number of fused-ring (bicyclic) bond motifs is 2. The molecule has 0 aliphatic carbocycles. The smallest absolute Gasteiger partial charge is 0.264 e. The first kappa shape index (κ1) is 20.6. The lowest BCUT2D eigenvalue weighted by molar-refractivity contribution is 0.0974. The molecular formula is C26H23N3O4. The number of nitrogens with zero attached hydrogens (tertiary/aromatic N) is 2. The summed E-state index contributed by atoms with van der Waals surface area (Å²) in [5.41, 5.74) is 2.78. The number of hydrogen-bond acceptors (Lipinski definition) is 6. The molecule has 0 saturated heterocycles. The van der Waals surface area contributed by atoms with Crippen LogP contribution in [0.1, 0.15) is 22.1 Å². The van der Waals surface area contributed by atoms with E-state index in [0.29, 0.717) is 34.2 Å². The van der Waals surface area contributed by atoms with Crippen LogP contribution in [0.3, 0.4) is 0 Å². The van der Waals surface area contributed by atoms with Gasteiger partial charge in [-0.05, 0) is 36.4 Å². The van der Waals surface area contributed by atoms with Crippen LogP contribution in [-0.2, 0) is 0 Å². The van der Waals surface area contributed by atoms with Crippen LogP contribution in [-0.4, -0.2) is 32.2 Å². The van der Waals surface area contributed by atoms with Gasteiger partial charge in [0, 0.05) is 16.6 Å². The van der Waals surface area contributed by atoms with Crippen LogP contribution in [0.2, 0.25) is 0 Å². The van der Waals surface area contributed by atoms with Crippen molar-refractivity contribution in [3.05, 3.63) is 83.9 Å². The number of amides is 1. The molecule has 33 heavy (non-hydrogen) atoms. The predicted molar refractivity (Wildman–Crippen MR) is 127 cm³/mol. The number of carbonyl (C=O) groups excluding carboxylic acids is 1. The fourth-order valence-electron chi connectivity index (χ4n) is 4.24. The van der Waals surface area contributed by atoms with Crippen LogP contribution in [0.15, 0.2) is 72.8 Å². The number of anilines is 2. The van der Waals surface area contributed by atoms with E-state index in [1.54, 1.807) is 32.3 Å². The molecular weight excluding hydrogens is 418 g/mol. The van der Waals surface area contributed by atoms with Crippen LogP contribution < -0.4 is 24.4 Å². The third kappa shape index (κ3) is 3.38. The maximum absolute atomic E-state index is 13.9. The highest BCUT2D eigenvalue weighted by Gasteiger charge is 2.37. The number of carbonyl (C=O) groups is 1. The molecule has 7 heteroatoms. The minimum absolute atomic E-state index is 0.157. The SMILES string of the molecule is COc1ccc([C@H]2Nc3nc4ccccc4cc3C(=O)N2c2ccccc2)c(OC)c1OC. The van der Waals surface area contributed by atoms with Gasteiger partial charge in [0.15, 0.2) is 11.5 Å². The second kappa shape index (κ2) is 8.35. The lowest BCUT2D eigenvalue weighted by atomic mass is 10.0. The van der Waals surface area contributed by atoms with E-state index in [-0.39, 0.29) is 5.91 Å². The van der Waals surface area contributed by atoms with E-state index in [4.69, 9.17) is 19.2 Å². The second-order valence-corrected chi connectivity index (χ2v) is 7.56. The van der Waals surface area contributed by atoms with Crippen molar-refractivity contribution in [2.45, 2.75) is 6.17 Å². The van der Waals surface area contributed by atoms with Crippen LogP contribution in [0.25, 0.3) is 10.9 Å². The highest BCUT2D eigenvalue weighted by Crippen LogP contribution is 2.46. The van der Waals surface area contributed by atoms with Crippen LogP contribution in [0, 0.1) is 0 Å². The lowest BCUT2D eigenvalue weighted by Crippen LogP contribution is -2.43. The zero-order valence-corrected chi connectivity index (χ0v) is 18.5. The summed E-state index contributed by atoms with van der Waals surface area (Å²) >= 11 is 0. The van der Waals surface area contributed by atoms with Gasteiger partial charge in [-0.1, -0.05) is 36.4 Å². The van der Waals surface area contributed by atoms with Gasteiger partial charge in [-0.25, -0.2) is 4.98 Å². The minimum atomic E-state index is -0.587. The zero-order valence-electron chi connectivity index (χ0n) is 18.5. The molecule has 2 heterocycles. The van der Waals surface area contributed by atoms with Crippen molar-refractivity contribution < 1.29 is 19.0 Å². The Labute approximate surface area is 191 Å². The summed E-state index contributed by atoms with van der Waals surface area (Å²) in [5, 5.41) is 4.37. The number of pyridine rings is 1. The van der Waals surface area contributed by atoms with Crippen molar-refractivity contribution in [1.29, 1.82) is 0 Å². The average molecular weight is 441 g/mol. The maximum atomic E-state index is 13.9. The molecule has 1 atom stereocenters. The van der Waals surface area contributed by atoms with E-state index < -0.39 is 6.17 Å². The average Bonchev–Trinajstić information content (AvgIpc) is 2.87. The van der Waals surface area contributed by atoms with E-state index in [1.165, 1.54) is 0 Å². The first-order valence-corrected chi connectivity index (χ1v) is 10.5. The Bertz CT molecular complexity index is 1340. The van der Waals surface area contributed by atoms with Crippen LogP contribution in [0.4, 0.5) is 11.5 Å². The van der Waals surface area contributed by atoms with Crippen molar-refractivity contribution in [3.8, 4) is 17.2 Å². The van der Waals surface area contributed by atoms with Crippen molar-refractivity contribution in [1.82, 2.24) is 4.98 Å². The molecule has 166 valence electrons. The van der Waals surface area contributed by atoms with Gasteiger partial charge in [0.2, 0.25) is 5.75 Å². The molecule has 0 spiro atoms. The van der Waals surface area contributed by atoms with Crippen molar-refractivity contribution in [2.75, 3.05) is 31.5 Å². The Balaban J connectivity index is 1.74. The second-order valence-electron chi connectivity index (χ2n) is 7.56. The number of aromatic nitrogens is 1. The number of para-hydroxylation sites is 2. The molecule has 0 radical (unpaired) electrons. The molecule has 0 unspecified atom stereocenters. The first-order valence-electron chi connectivity index (χ1n) is 10.5. The van der Waals surface area contributed by atoms with Gasteiger partial charge in [0.05, 0.1) is 32.4 Å². The largest absolute Gasteiger partial charge is 0.493 e. The normalized spacial score (nSPS) is 15.1. The van der Waals surface area contributed by atoms with Crippen molar-refractivity contribution in [3.63, 3.8) is 0 Å². The number of ether oxygens (including phenoxy) is 3. The molecule has 1 aliphatic heterocycles. The van der Waals surface area contributed by atoms with Gasteiger partial charge in [-0.15, -0.1) is 0 Å². The summed E-state index contributed by atoms with van der Waals surface area (Å²) in [7, 11) is 4.69. The molecule has 1 N–H and O–H groups in total. The van der Waals surface area contributed by atoms with Crippen molar-refractivity contribution in [2.24, 2.45) is 0 Å². The van der Waals surface area contributed by atoms with Gasteiger partial charge in [0.25, 0.3) is 5.91 Å². The summed E-state index contributed by atoms with van der Waals surface area (Å²) in [6.45, 7) is 0. The topological polar surface area (TPSA) is 72.9 Å². The predicted octanol–water partition coefficient (Wildman–Crippen LogP) is 5.03. The number of hydrogen-bond donors (Lipinski definition) is 1. The summed E-state index contributed by atoms with van der Waals surface area (Å²) in [5.74, 6) is 1.84. The molecule has 5 rings (SSSR count). The molecule has 4 aromatic rings. The van der Waals surface area contributed by atoms with E-state index in [1.807, 2.05) is 66.7 Å². The quantitative estimate of drug-likeness (QED) is 0.468. The standard InChI is InChI=1S/C26H23N3O4/c1-31-21-14-13-18(22(32-2)23(21)33-3)25-28-24-19(15-16-9-7-8-12-20(16)27-24)26(30)29(25)17-10-5-4-6-11-17/h4-15,25H,1-3H3,(H,27,28)/t25-/m0/s1. The molecule has 1 amide bonds. The molecule has 7 nitrogen and oxygen atoms in total. The van der Waals surface area contributed by atoms with Gasteiger partial charge in [-0.3, -0.25) is 9.69 Å². The third-order valence-electron chi connectivity index (χ3n) is 5.77. The van der Waals surface area contributed by atoms with Gasteiger partial charge >= 0.3 is 0 Å². The molecule has 0 fully saturated rings. The zero-order chi connectivity index (χ0) is 22.9. The van der Waals surface area contributed by atoms with E-state index in [9.17, 15) is 4.79 Å². The highest BCUT2D eigenvalue weighted by atomic mass is 16.5. The minimum Gasteiger partial charge on any atom is -0.493 e. The van der Waals surface area contributed by atoms with Crippen LogP contribution in [0.5, 0.6) is 17.2 Å². The lowest BCUT2D eigenvalue weighted by Gasteiger charge is -2.38. The number of rotatable bonds is 5. The fraction of sp³-hybridized carbons (Fsp3) is 0.154. The summed E-state index contributed by atoms with van der Waals surface area (Å²) < 4.78 is 16.8. The van der Waals surface area contributed by atoms with Gasteiger partial charge in [-0.2, -0.15) is 0 Å². The molecule has 0 saturated carbocycles. The first-order chi connectivity index (χ1) is 16.2. The Morgan fingerprint density at radius 3 is 2.30 bits per heavy atom. The monoisotopic (exact) mass is 441 g/mol. The summed E-state index contributed by atoms with van der Waals surface area (Å²) in [6.07, 6.45) is -0.587. The van der Waals surface area contributed by atoms with E-state index in [0.717, 1.165) is 16.6 Å². The Morgan fingerprint density at radius 2 is 1.58 bits per heavy atom. The maximum Gasteiger partial charge on any atom is 0.264 e. The number of methoxy groups -OCH3 is 3. The Hall–Kier alpha value is -4.26. The van der Waals surface area contributed by atoms with E-state index >= 15 is 0 Å². The number of benzene rings is 3. The van der Waals surface area contributed by atoms with Gasteiger partial charge < -0.3 is 19.5 Å². The fourth-order valence-corrected chi connectivity index (χ4v) is 4.24. The third-order valence-corrected chi connectivity index (χ3v) is 5.77. The number of nitrogens with one attached hydrogen (secondary N) is 1. The summed E-state index contributed by atoms with van der Waals surface area (Å²) in [4.78, 5) is 20.3. The van der Waals surface area contributed by atoms with Crippen LogP contribution >= 0.6 is 0 Å². The molecule has 3 aromatic carbocycles.